The lowest BCUT2D eigenvalue weighted by Gasteiger charge is -2.05. The van der Waals surface area contributed by atoms with E-state index in [9.17, 15) is 18.5 Å². The molecule has 0 saturated carbocycles. The van der Waals surface area contributed by atoms with Gasteiger partial charge >= 0.3 is 0 Å². The number of benzene rings is 1. The van der Waals surface area contributed by atoms with Gasteiger partial charge in [-0.05, 0) is 12.1 Å². The quantitative estimate of drug-likeness (QED) is 0.369. The van der Waals surface area contributed by atoms with E-state index in [1.165, 1.54) is 0 Å². The van der Waals surface area contributed by atoms with Crippen LogP contribution in [0.5, 0.6) is 0 Å². The summed E-state index contributed by atoms with van der Waals surface area (Å²) < 4.78 is 25.3. The van der Waals surface area contributed by atoms with E-state index in [1.807, 2.05) is 0 Å². The Kier molecular flexibility index (Phi) is 3.99. The Morgan fingerprint density at radius 3 is 2.65 bits per heavy atom. The number of nitrogens with zero attached hydrogens (tertiary/aromatic N) is 1. The Balaban J connectivity index is 3.16. The van der Waals surface area contributed by atoms with Crippen molar-refractivity contribution < 1.29 is 18.4 Å². The third-order valence-electron chi connectivity index (χ3n) is 1.91. The number of rotatable bonds is 5. The zero-order valence-corrected chi connectivity index (χ0v) is 9.48. The van der Waals surface area contributed by atoms with E-state index in [4.69, 9.17) is 10.8 Å². The molecular formula is C8H11N3O5S. The minimum absolute atomic E-state index is 0.115. The topological polar surface area (TPSA) is 136 Å². The first kappa shape index (κ1) is 13.4. The number of nitrogens with two attached hydrogens (primary N) is 1. The van der Waals surface area contributed by atoms with Crippen LogP contribution in [0.2, 0.25) is 0 Å². The molecule has 0 atom stereocenters. The van der Waals surface area contributed by atoms with Crippen molar-refractivity contribution in [3.8, 4) is 0 Å². The van der Waals surface area contributed by atoms with Crippen LogP contribution < -0.4 is 10.5 Å². The Labute approximate surface area is 97.3 Å². The van der Waals surface area contributed by atoms with E-state index in [2.05, 4.69) is 4.72 Å². The van der Waals surface area contributed by atoms with E-state index in [0.29, 0.717) is 0 Å². The van der Waals surface area contributed by atoms with Gasteiger partial charge in [-0.15, -0.1) is 0 Å². The Morgan fingerprint density at radius 1 is 1.47 bits per heavy atom. The number of nitrogens with one attached hydrogen (secondary N) is 1. The highest BCUT2D eigenvalue weighted by atomic mass is 32.2. The molecule has 0 aliphatic carbocycles. The van der Waals surface area contributed by atoms with Crippen LogP contribution in [0.1, 0.15) is 0 Å². The van der Waals surface area contributed by atoms with Crippen molar-refractivity contribution in [1.82, 2.24) is 4.72 Å². The summed E-state index contributed by atoms with van der Waals surface area (Å²) in [6.07, 6.45) is 0. The first-order chi connectivity index (χ1) is 7.88. The lowest BCUT2D eigenvalue weighted by atomic mass is 10.3. The minimum atomic E-state index is -3.87. The summed E-state index contributed by atoms with van der Waals surface area (Å²) in [5.41, 5.74) is 4.75. The van der Waals surface area contributed by atoms with Gasteiger partial charge in [0.1, 0.15) is 5.69 Å². The summed E-state index contributed by atoms with van der Waals surface area (Å²) >= 11 is 0. The average Bonchev–Trinajstić information content (AvgIpc) is 2.26. The first-order valence-corrected chi connectivity index (χ1v) is 6.01. The minimum Gasteiger partial charge on any atom is -0.395 e. The normalized spacial score (nSPS) is 11.4. The van der Waals surface area contributed by atoms with E-state index in [0.717, 1.165) is 18.2 Å². The zero-order chi connectivity index (χ0) is 13.1. The third-order valence-corrected chi connectivity index (χ3v) is 3.37. The van der Waals surface area contributed by atoms with Crippen molar-refractivity contribution in [2.24, 2.45) is 0 Å². The number of nitro benzene ring substituents is 1. The Morgan fingerprint density at radius 2 is 2.12 bits per heavy atom. The standard InChI is InChI=1S/C8H11N3O5S/c9-7-2-1-6(5-8(7)11(13)14)17(15,16)10-3-4-12/h1-2,5,10,12H,3-4,9H2. The van der Waals surface area contributed by atoms with Gasteiger partial charge in [-0.2, -0.15) is 0 Å². The predicted molar refractivity (Wildman–Crippen MR) is 59.8 cm³/mol. The molecule has 9 heteroatoms. The molecule has 0 aliphatic rings. The summed E-state index contributed by atoms with van der Waals surface area (Å²) in [5, 5.41) is 19.1. The van der Waals surface area contributed by atoms with Crippen LogP contribution in [-0.4, -0.2) is 31.6 Å². The molecule has 0 saturated heterocycles. The second kappa shape index (κ2) is 5.08. The maximum atomic E-state index is 11.6. The van der Waals surface area contributed by atoms with Gasteiger partial charge in [0, 0.05) is 12.6 Å². The van der Waals surface area contributed by atoms with Crippen LogP contribution in [0.3, 0.4) is 0 Å². The van der Waals surface area contributed by atoms with Gasteiger partial charge < -0.3 is 10.8 Å². The second-order valence-electron chi connectivity index (χ2n) is 3.10. The molecule has 0 aromatic heterocycles. The molecule has 0 bridgehead atoms. The van der Waals surface area contributed by atoms with Gasteiger partial charge in [-0.1, -0.05) is 0 Å². The van der Waals surface area contributed by atoms with Gasteiger partial charge in [0.15, 0.2) is 0 Å². The van der Waals surface area contributed by atoms with Gasteiger partial charge in [-0.3, -0.25) is 10.1 Å². The number of aliphatic hydroxyl groups excluding tert-OH is 1. The van der Waals surface area contributed by atoms with Crippen molar-refractivity contribution in [2.75, 3.05) is 18.9 Å². The highest BCUT2D eigenvalue weighted by Crippen LogP contribution is 2.24. The number of nitro groups is 1. The lowest BCUT2D eigenvalue weighted by Crippen LogP contribution is -2.26. The third kappa shape index (κ3) is 3.12. The predicted octanol–water partition coefficient (Wildman–Crippen LogP) is -0.552. The van der Waals surface area contributed by atoms with E-state index in [1.54, 1.807) is 0 Å². The summed E-state index contributed by atoms with van der Waals surface area (Å²) in [6.45, 7) is -0.531. The highest BCUT2D eigenvalue weighted by Gasteiger charge is 2.19. The summed E-state index contributed by atoms with van der Waals surface area (Å²) in [7, 11) is -3.87. The van der Waals surface area contributed by atoms with Crippen LogP contribution in [0, 0.1) is 10.1 Å². The van der Waals surface area contributed by atoms with Gasteiger partial charge in [-0.25, -0.2) is 13.1 Å². The fourth-order valence-electron chi connectivity index (χ4n) is 1.11. The number of aliphatic hydroxyl groups is 1. The van der Waals surface area contributed by atoms with Crippen LogP contribution >= 0.6 is 0 Å². The molecule has 0 fully saturated rings. The second-order valence-corrected chi connectivity index (χ2v) is 4.87. The molecule has 0 heterocycles. The van der Waals surface area contributed by atoms with Gasteiger partial charge in [0.2, 0.25) is 10.0 Å². The molecule has 8 nitrogen and oxygen atoms in total. The molecule has 0 aliphatic heterocycles. The molecule has 17 heavy (non-hydrogen) atoms. The van der Waals surface area contributed by atoms with Crippen LogP contribution in [0.4, 0.5) is 11.4 Å². The molecular weight excluding hydrogens is 250 g/mol. The van der Waals surface area contributed by atoms with Crippen molar-refractivity contribution in [2.45, 2.75) is 4.90 Å². The largest absolute Gasteiger partial charge is 0.395 e. The zero-order valence-electron chi connectivity index (χ0n) is 8.66. The van der Waals surface area contributed by atoms with E-state index in [-0.39, 0.29) is 23.7 Å². The molecule has 1 rings (SSSR count). The number of anilines is 1. The molecule has 0 radical (unpaired) electrons. The molecule has 94 valence electrons. The summed E-state index contributed by atoms with van der Waals surface area (Å²) in [5.74, 6) is 0. The first-order valence-electron chi connectivity index (χ1n) is 4.53. The van der Waals surface area contributed by atoms with E-state index < -0.39 is 20.6 Å². The van der Waals surface area contributed by atoms with Crippen LogP contribution in [0.25, 0.3) is 0 Å². The fraction of sp³-hybridized carbons (Fsp3) is 0.250. The average molecular weight is 261 g/mol. The van der Waals surface area contributed by atoms with Gasteiger partial charge in [0.25, 0.3) is 5.69 Å². The highest BCUT2D eigenvalue weighted by molar-refractivity contribution is 7.89. The van der Waals surface area contributed by atoms with E-state index >= 15 is 0 Å². The molecule has 1 aromatic rings. The van der Waals surface area contributed by atoms with Crippen LogP contribution in [-0.2, 0) is 10.0 Å². The summed E-state index contributed by atoms with van der Waals surface area (Å²) in [4.78, 5) is 9.55. The molecule has 1 aromatic carbocycles. The lowest BCUT2D eigenvalue weighted by molar-refractivity contribution is -0.384. The maximum absolute atomic E-state index is 11.6. The van der Waals surface area contributed by atoms with Crippen molar-refractivity contribution in [3.05, 3.63) is 28.3 Å². The van der Waals surface area contributed by atoms with Crippen molar-refractivity contribution in [1.29, 1.82) is 0 Å². The monoisotopic (exact) mass is 261 g/mol. The van der Waals surface area contributed by atoms with Crippen molar-refractivity contribution in [3.63, 3.8) is 0 Å². The molecule has 0 unspecified atom stereocenters. The van der Waals surface area contributed by atoms with Crippen LogP contribution in [0.15, 0.2) is 23.1 Å². The fourth-order valence-corrected chi connectivity index (χ4v) is 2.15. The number of nitrogen functional groups attached to an aromatic ring is 1. The molecule has 0 amide bonds. The Hall–Kier alpha value is -1.71. The number of sulfonamides is 1. The Bertz CT molecular complexity index is 528. The molecule has 0 spiro atoms. The SMILES string of the molecule is Nc1ccc(S(=O)(=O)NCCO)cc1[N+](=O)[O-]. The maximum Gasteiger partial charge on any atom is 0.293 e. The smallest absolute Gasteiger partial charge is 0.293 e. The number of hydrogen-bond acceptors (Lipinski definition) is 6. The van der Waals surface area contributed by atoms with Gasteiger partial charge in [0.05, 0.1) is 16.4 Å². The summed E-state index contributed by atoms with van der Waals surface area (Å²) in [6, 6.07) is 3.17. The molecule has 4 N–H and O–H groups in total. The van der Waals surface area contributed by atoms with Crippen molar-refractivity contribution >= 4 is 21.4 Å². The number of hydrogen-bond donors (Lipinski definition) is 3.